The predicted octanol–water partition coefficient (Wildman–Crippen LogP) is 6.53. The van der Waals surface area contributed by atoms with Crippen molar-refractivity contribution in [2.75, 3.05) is 0 Å². The fourth-order valence-electron chi connectivity index (χ4n) is 2.82. The summed E-state index contributed by atoms with van der Waals surface area (Å²) in [5, 5.41) is 29.9. The lowest BCUT2D eigenvalue weighted by Gasteiger charge is -2.12. The lowest BCUT2D eigenvalue weighted by atomic mass is 10.0. The van der Waals surface area contributed by atoms with E-state index in [1.807, 2.05) is 6.07 Å². The molecular formula is C23H13BrClN3O3. The molecule has 3 aromatic carbocycles. The van der Waals surface area contributed by atoms with Crippen LogP contribution >= 0.6 is 27.5 Å². The number of benzene rings is 3. The monoisotopic (exact) mass is 493 g/mol. The topological polar surface area (TPSA) is 99.9 Å². The molecule has 0 spiro atoms. The Labute approximate surface area is 191 Å². The maximum Gasteiger partial charge on any atom is 0.269 e. The van der Waals surface area contributed by atoms with Crippen LogP contribution in [-0.4, -0.2) is 4.92 Å². The molecule has 8 heteroatoms. The molecule has 0 fully saturated rings. The van der Waals surface area contributed by atoms with Crippen LogP contribution in [0.15, 0.2) is 65.1 Å². The average Bonchev–Trinajstić information content (AvgIpc) is 2.77. The van der Waals surface area contributed by atoms with Gasteiger partial charge in [0.15, 0.2) is 5.75 Å². The van der Waals surface area contributed by atoms with Crippen molar-refractivity contribution >= 4 is 44.9 Å². The molecule has 0 saturated carbocycles. The number of rotatable bonds is 6. The van der Waals surface area contributed by atoms with Crippen LogP contribution in [0, 0.1) is 32.8 Å². The van der Waals surface area contributed by atoms with Crippen molar-refractivity contribution in [2.24, 2.45) is 0 Å². The van der Waals surface area contributed by atoms with E-state index in [2.05, 4.69) is 28.1 Å². The van der Waals surface area contributed by atoms with Gasteiger partial charge in [0.2, 0.25) is 0 Å². The number of nitro groups is 1. The van der Waals surface area contributed by atoms with Crippen LogP contribution in [0.25, 0.3) is 11.6 Å². The van der Waals surface area contributed by atoms with Gasteiger partial charge < -0.3 is 4.74 Å². The number of non-ortho nitro benzene ring substituents is 1. The standard InChI is InChI=1S/C23H13BrClN3O3/c24-21-10-15(9-19(13-27)16-5-7-20(8-6-16)28(29)30)11-22(25)23(21)31-14-18-4-2-1-3-17(18)12-26/h1-11H,14H2. The van der Waals surface area contributed by atoms with E-state index < -0.39 is 4.92 Å². The Morgan fingerprint density at radius 3 is 2.48 bits per heavy atom. The van der Waals surface area contributed by atoms with Crippen molar-refractivity contribution < 1.29 is 9.66 Å². The maximum absolute atomic E-state index is 10.8. The molecule has 6 nitrogen and oxygen atoms in total. The highest BCUT2D eigenvalue weighted by molar-refractivity contribution is 9.10. The minimum absolute atomic E-state index is 0.0497. The van der Waals surface area contributed by atoms with E-state index in [-0.39, 0.29) is 12.3 Å². The van der Waals surface area contributed by atoms with E-state index in [0.717, 1.165) is 5.56 Å². The number of hydrogen-bond donors (Lipinski definition) is 0. The Morgan fingerprint density at radius 2 is 1.87 bits per heavy atom. The fraction of sp³-hybridized carbons (Fsp3) is 0.0435. The molecule has 0 aliphatic carbocycles. The quantitative estimate of drug-likeness (QED) is 0.168. The molecule has 0 radical (unpaired) electrons. The van der Waals surface area contributed by atoms with Gasteiger partial charge >= 0.3 is 0 Å². The summed E-state index contributed by atoms with van der Waals surface area (Å²) in [5.74, 6) is 0.417. The van der Waals surface area contributed by atoms with Gasteiger partial charge in [-0.15, -0.1) is 0 Å². The summed E-state index contributed by atoms with van der Waals surface area (Å²) in [7, 11) is 0. The first kappa shape index (κ1) is 22.0. The molecular weight excluding hydrogens is 482 g/mol. The van der Waals surface area contributed by atoms with Gasteiger partial charge in [0.1, 0.15) is 6.61 Å². The SMILES string of the molecule is N#CC(=Cc1cc(Cl)c(OCc2ccccc2C#N)c(Br)c1)c1ccc([N+](=O)[O-])cc1. The Kier molecular flexibility index (Phi) is 7.04. The Morgan fingerprint density at radius 1 is 1.16 bits per heavy atom. The maximum atomic E-state index is 10.8. The Balaban J connectivity index is 1.86. The number of nitriles is 2. The van der Waals surface area contributed by atoms with Gasteiger partial charge in [-0.1, -0.05) is 29.8 Å². The third-order valence-electron chi connectivity index (χ3n) is 4.35. The van der Waals surface area contributed by atoms with Crippen molar-refractivity contribution in [2.45, 2.75) is 6.61 Å². The van der Waals surface area contributed by atoms with E-state index in [1.54, 1.807) is 36.4 Å². The van der Waals surface area contributed by atoms with Crippen LogP contribution in [0.3, 0.4) is 0 Å². The van der Waals surface area contributed by atoms with Crippen LogP contribution in [0.4, 0.5) is 5.69 Å². The normalized spacial score (nSPS) is 10.8. The second-order valence-corrected chi connectivity index (χ2v) is 7.61. The van der Waals surface area contributed by atoms with Crippen LogP contribution in [0.2, 0.25) is 5.02 Å². The summed E-state index contributed by atoms with van der Waals surface area (Å²) in [6.45, 7) is 0.170. The van der Waals surface area contributed by atoms with Gasteiger partial charge in [-0.05, 0) is 63.5 Å². The summed E-state index contributed by atoms with van der Waals surface area (Å²) >= 11 is 9.83. The molecule has 0 N–H and O–H groups in total. The minimum atomic E-state index is -0.496. The summed E-state index contributed by atoms with van der Waals surface area (Å²) in [6, 6.07) is 20.5. The molecule has 0 saturated heterocycles. The number of nitrogens with zero attached hydrogens (tertiary/aromatic N) is 3. The molecule has 0 aromatic heterocycles. The first-order valence-corrected chi connectivity index (χ1v) is 10.1. The van der Waals surface area contributed by atoms with Gasteiger partial charge in [-0.3, -0.25) is 10.1 Å². The first-order chi connectivity index (χ1) is 14.9. The minimum Gasteiger partial charge on any atom is -0.486 e. The highest BCUT2D eigenvalue weighted by atomic mass is 79.9. The number of halogens is 2. The predicted molar refractivity (Wildman–Crippen MR) is 121 cm³/mol. The second-order valence-electron chi connectivity index (χ2n) is 6.35. The highest BCUT2D eigenvalue weighted by Gasteiger charge is 2.12. The molecule has 152 valence electrons. The molecule has 31 heavy (non-hydrogen) atoms. The van der Waals surface area contributed by atoms with Crippen molar-refractivity contribution in [1.29, 1.82) is 10.5 Å². The Hall–Kier alpha value is -3.65. The fourth-order valence-corrected chi connectivity index (χ4v) is 3.80. The van der Waals surface area contributed by atoms with E-state index >= 15 is 0 Å². The second kappa shape index (κ2) is 9.90. The van der Waals surface area contributed by atoms with Crippen molar-refractivity contribution in [3.05, 3.63) is 103 Å². The average molecular weight is 495 g/mol. The van der Waals surface area contributed by atoms with Crippen LogP contribution in [-0.2, 0) is 6.61 Å². The molecule has 0 unspecified atom stereocenters. The number of ether oxygens (including phenoxy) is 1. The van der Waals surface area contributed by atoms with E-state index in [9.17, 15) is 20.6 Å². The van der Waals surface area contributed by atoms with Crippen LogP contribution in [0.5, 0.6) is 5.75 Å². The van der Waals surface area contributed by atoms with Crippen molar-refractivity contribution in [3.8, 4) is 17.9 Å². The van der Waals surface area contributed by atoms with E-state index in [0.29, 0.717) is 37.5 Å². The molecule has 0 bridgehead atoms. The van der Waals surface area contributed by atoms with E-state index in [4.69, 9.17) is 16.3 Å². The van der Waals surface area contributed by atoms with Gasteiger partial charge in [-0.2, -0.15) is 10.5 Å². The number of allylic oxidation sites excluding steroid dienone is 1. The summed E-state index contributed by atoms with van der Waals surface area (Å²) in [5.41, 5.74) is 2.74. The summed E-state index contributed by atoms with van der Waals surface area (Å²) in [4.78, 5) is 10.3. The van der Waals surface area contributed by atoms with Crippen LogP contribution < -0.4 is 4.74 Å². The lowest BCUT2D eigenvalue weighted by Crippen LogP contribution is -1.99. The molecule has 3 rings (SSSR count). The van der Waals surface area contributed by atoms with Gasteiger partial charge in [-0.25, -0.2) is 0 Å². The molecule has 0 heterocycles. The zero-order chi connectivity index (χ0) is 22.4. The number of nitro benzene ring substituents is 1. The van der Waals surface area contributed by atoms with Crippen LogP contribution in [0.1, 0.15) is 22.3 Å². The van der Waals surface area contributed by atoms with Gasteiger partial charge in [0.05, 0.1) is 37.7 Å². The summed E-state index contributed by atoms with van der Waals surface area (Å²) in [6.07, 6.45) is 1.63. The zero-order valence-corrected chi connectivity index (χ0v) is 18.2. The third-order valence-corrected chi connectivity index (χ3v) is 5.22. The lowest BCUT2D eigenvalue weighted by molar-refractivity contribution is -0.384. The van der Waals surface area contributed by atoms with Crippen molar-refractivity contribution in [3.63, 3.8) is 0 Å². The number of hydrogen-bond acceptors (Lipinski definition) is 5. The zero-order valence-electron chi connectivity index (χ0n) is 15.9. The molecule has 0 atom stereocenters. The van der Waals surface area contributed by atoms with E-state index in [1.165, 1.54) is 24.3 Å². The smallest absolute Gasteiger partial charge is 0.269 e. The van der Waals surface area contributed by atoms with Crippen molar-refractivity contribution in [1.82, 2.24) is 0 Å². The van der Waals surface area contributed by atoms with Gasteiger partial charge in [0, 0.05) is 17.7 Å². The Bertz CT molecular complexity index is 1240. The molecule has 3 aromatic rings. The molecule has 0 aliphatic heterocycles. The summed E-state index contributed by atoms with van der Waals surface area (Å²) < 4.78 is 6.41. The molecule has 0 amide bonds. The van der Waals surface area contributed by atoms with Gasteiger partial charge in [0.25, 0.3) is 5.69 Å². The highest BCUT2D eigenvalue weighted by Crippen LogP contribution is 2.36. The largest absolute Gasteiger partial charge is 0.486 e. The third kappa shape index (κ3) is 5.29. The molecule has 0 aliphatic rings. The first-order valence-electron chi connectivity index (χ1n) is 8.89.